The maximum absolute atomic E-state index is 15.5. The van der Waals surface area contributed by atoms with Gasteiger partial charge in [0, 0.05) is 55.1 Å². The minimum Gasteiger partial charge on any atom is -0.508 e. The van der Waals surface area contributed by atoms with Crippen molar-refractivity contribution in [1.82, 2.24) is 21.3 Å². The van der Waals surface area contributed by atoms with Crippen molar-refractivity contribution >= 4 is 17.5 Å². The van der Waals surface area contributed by atoms with Gasteiger partial charge >= 0.3 is 11.9 Å². The zero-order valence-corrected chi connectivity index (χ0v) is 50.9. The second kappa shape index (κ2) is 23.7. The summed E-state index contributed by atoms with van der Waals surface area (Å²) in [7, 11) is 2.05. The van der Waals surface area contributed by atoms with Crippen molar-refractivity contribution in [3.8, 4) is 28.7 Å². The molecule has 6 aliphatic carbocycles. The lowest BCUT2D eigenvalue weighted by atomic mass is 9.44. The average molecular weight is 1170 g/mol. The second-order valence-corrected chi connectivity index (χ2v) is 28.3. The Morgan fingerprint density at radius 3 is 2.49 bits per heavy atom. The van der Waals surface area contributed by atoms with Gasteiger partial charge in [-0.15, -0.1) is 0 Å². The minimum absolute atomic E-state index is 0.0387. The van der Waals surface area contributed by atoms with Gasteiger partial charge < -0.3 is 51.2 Å². The Morgan fingerprint density at radius 1 is 0.816 bits per heavy atom. The molecule has 5 fully saturated rings. The molecule has 0 amide bonds. The van der Waals surface area contributed by atoms with Crippen LogP contribution in [0.5, 0.6) is 5.75 Å². The van der Waals surface area contributed by atoms with E-state index in [1.165, 1.54) is 11.1 Å². The number of hydrogen-bond donors (Lipinski definition) is 8. The molecule has 12 heteroatoms. The van der Waals surface area contributed by atoms with Gasteiger partial charge in [-0.3, -0.25) is 0 Å². The summed E-state index contributed by atoms with van der Waals surface area (Å²) in [6.07, 6.45) is 18.2. The predicted molar refractivity (Wildman–Crippen MR) is 337 cm³/mol. The third kappa shape index (κ3) is 10.8. The van der Waals surface area contributed by atoms with Gasteiger partial charge in [0.2, 0.25) is 0 Å². The number of carbonyl (C=O) groups is 2. The van der Waals surface area contributed by atoms with Crippen LogP contribution in [0.1, 0.15) is 144 Å². The van der Waals surface area contributed by atoms with Crippen molar-refractivity contribution in [2.24, 2.45) is 58.2 Å². The van der Waals surface area contributed by atoms with Crippen molar-refractivity contribution in [2.75, 3.05) is 33.3 Å². The van der Waals surface area contributed by atoms with Crippen LogP contribution in [0, 0.1) is 70.0 Å². The van der Waals surface area contributed by atoms with Crippen LogP contribution in [0.4, 0.5) is 0 Å². The molecule has 0 radical (unpaired) electrons. The van der Waals surface area contributed by atoms with E-state index in [4.69, 9.17) is 9.47 Å². The molecule has 16 rings (SSSR count). The van der Waals surface area contributed by atoms with Crippen molar-refractivity contribution in [3.63, 3.8) is 0 Å². The van der Waals surface area contributed by atoms with Crippen LogP contribution >= 0.6 is 0 Å². The molecule has 0 unspecified atom stereocenters. The Labute approximate surface area is 513 Å². The lowest BCUT2D eigenvalue weighted by molar-refractivity contribution is -0.135. The molecule has 14 bridgehead atoms. The number of aromatic hydroxyl groups is 1. The fraction of sp³-hybridized carbons (Fsp3) is 0.520. The molecule has 4 aromatic carbocycles. The molecular weight excluding hydrogens is 1080 g/mol. The van der Waals surface area contributed by atoms with E-state index in [2.05, 4.69) is 106 Å². The average Bonchev–Trinajstić information content (AvgIpc) is 1.61. The van der Waals surface area contributed by atoms with E-state index in [1.54, 1.807) is 6.07 Å². The molecule has 8 N–H and O–H groups in total. The number of ether oxygens (including phenoxy) is 2. The maximum atomic E-state index is 15.5. The molecule has 1 spiro atoms. The van der Waals surface area contributed by atoms with Crippen molar-refractivity contribution < 1.29 is 39.5 Å². The molecule has 12 nitrogen and oxygen atoms in total. The highest BCUT2D eigenvalue weighted by atomic mass is 16.6. The monoisotopic (exact) mass is 1170 g/mol. The fourth-order valence-electron chi connectivity index (χ4n) is 19.0. The number of cyclic esters (lactones) is 1. The lowest BCUT2D eigenvalue weighted by Gasteiger charge is -2.56. The number of piperidine rings is 1. The van der Waals surface area contributed by atoms with Gasteiger partial charge in [0.1, 0.15) is 17.3 Å². The van der Waals surface area contributed by atoms with Crippen LogP contribution in [-0.2, 0) is 38.4 Å². The molecule has 12 aliphatic rings. The Hall–Kier alpha value is -6.14. The number of rotatable bonds is 8. The quantitative estimate of drug-likeness (QED) is 0.0619. The van der Waals surface area contributed by atoms with Gasteiger partial charge in [-0.2, -0.15) is 0 Å². The largest absolute Gasteiger partial charge is 0.508 e. The van der Waals surface area contributed by atoms with E-state index in [9.17, 15) is 20.4 Å². The van der Waals surface area contributed by atoms with Crippen LogP contribution in [-0.4, -0.2) is 83.0 Å². The van der Waals surface area contributed by atoms with E-state index in [0.717, 1.165) is 129 Å². The molecule has 13 atom stereocenters. The van der Waals surface area contributed by atoms with E-state index in [0.29, 0.717) is 80.2 Å². The highest BCUT2D eigenvalue weighted by Gasteiger charge is 2.69. The number of allylic oxidation sites excluding steroid dienone is 5. The van der Waals surface area contributed by atoms with Crippen LogP contribution in [0.3, 0.4) is 0 Å². The number of esters is 2. The fourth-order valence-corrected chi connectivity index (χ4v) is 19.0. The van der Waals surface area contributed by atoms with Crippen LogP contribution < -0.4 is 21.3 Å². The van der Waals surface area contributed by atoms with Crippen LogP contribution in [0.25, 0.3) is 16.7 Å². The van der Waals surface area contributed by atoms with Crippen LogP contribution in [0.15, 0.2) is 137 Å². The topological polar surface area (TPSA) is 182 Å². The molecule has 3 saturated carbocycles. The second-order valence-electron chi connectivity index (χ2n) is 28.3. The smallest absolute Gasteiger partial charge is 0.340 e. The summed E-state index contributed by atoms with van der Waals surface area (Å²) in [5, 5.41) is 62.1. The summed E-state index contributed by atoms with van der Waals surface area (Å²) >= 11 is 0. The van der Waals surface area contributed by atoms with Crippen molar-refractivity contribution in [1.29, 1.82) is 0 Å². The van der Waals surface area contributed by atoms with E-state index >= 15 is 9.59 Å². The zero-order chi connectivity index (χ0) is 59.7. The Bertz CT molecular complexity index is 3510. The van der Waals surface area contributed by atoms with E-state index in [-0.39, 0.29) is 71.5 Å². The number of β-amino-alcohol motifs (C(OH)–C–C–N with tert-alkyl or cyclic N) is 1. The third-order valence-electron chi connectivity index (χ3n) is 23.1. The van der Waals surface area contributed by atoms with Crippen molar-refractivity contribution in [3.05, 3.63) is 165 Å². The summed E-state index contributed by atoms with van der Waals surface area (Å²) < 4.78 is 13.5. The minimum atomic E-state index is -1.10. The first-order valence-electron chi connectivity index (χ1n) is 33.0. The molecule has 6 aliphatic heterocycles. The summed E-state index contributed by atoms with van der Waals surface area (Å²) in [6.45, 7) is 4.49. The number of fused-ring (bicyclic) bond motifs is 5. The van der Waals surface area contributed by atoms with Crippen LogP contribution in [0.2, 0.25) is 0 Å². The number of aliphatic hydroxyl groups excluding tert-OH is 1. The van der Waals surface area contributed by atoms with E-state index in [1.807, 2.05) is 44.3 Å². The molecule has 456 valence electrons. The van der Waals surface area contributed by atoms with Gasteiger partial charge in [-0.1, -0.05) is 104 Å². The summed E-state index contributed by atoms with van der Waals surface area (Å²) in [5.41, 5.74) is 7.32. The normalized spacial score (nSPS) is 35.0. The third-order valence-corrected chi connectivity index (χ3v) is 23.1. The number of nitrogens with one attached hydrogen (secondary N) is 4. The number of benzene rings is 4. The number of phenols is 1. The first kappa shape index (κ1) is 58.5. The van der Waals surface area contributed by atoms with Gasteiger partial charge in [-0.05, 0) is 239 Å². The predicted octanol–water partition coefficient (Wildman–Crippen LogP) is 11.1. The number of phenolic OH excluding ortho intramolecular Hbond substituents is 1. The number of hydrogen-bond acceptors (Lipinski definition) is 12. The lowest BCUT2D eigenvalue weighted by Crippen LogP contribution is -2.52. The summed E-state index contributed by atoms with van der Waals surface area (Å²) in [6, 6.07) is 33.4. The Morgan fingerprint density at radius 2 is 1.66 bits per heavy atom. The molecule has 2 saturated heterocycles. The molecule has 4 aromatic rings. The van der Waals surface area contributed by atoms with Crippen molar-refractivity contribution in [2.45, 2.75) is 152 Å². The highest BCUT2D eigenvalue weighted by Crippen LogP contribution is 2.72. The van der Waals surface area contributed by atoms with Gasteiger partial charge in [0.15, 0.2) is 0 Å². The highest BCUT2D eigenvalue weighted by molar-refractivity contribution is 6.07. The molecular formula is C75H88N4O8. The molecule has 87 heavy (non-hydrogen) atoms. The van der Waals surface area contributed by atoms with Gasteiger partial charge in [-0.25, -0.2) is 9.59 Å². The van der Waals surface area contributed by atoms with Gasteiger partial charge in [0.05, 0.1) is 28.4 Å². The summed E-state index contributed by atoms with van der Waals surface area (Å²) in [4.78, 5) is 30.9. The molecule has 6 heterocycles. The maximum Gasteiger partial charge on any atom is 0.340 e. The first-order chi connectivity index (χ1) is 42.2. The molecule has 0 aromatic heterocycles. The van der Waals surface area contributed by atoms with Gasteiger partial charge in [0.25, 0.3) is 0 Å². The number of aliphatic hydroxyl groups is 3. The first-order valence-corrected chi connectivity index (χ1v) is 33.0. The zero-order valence-electron chi connectivity index (χ0n) is 50.9. The number of carbonyl (C=O) groups excluding carboxylic acids is 2. The standard InChI is InChI=1S/C75H88N4O8/c1-72(84)27-10-17-54(74(85)28-6-7-29-74)39-52-42-73(53-25-33-78-64(40-53)76-2)30-23-62-59-21-20-58-57-22-31-75(67(58)66(59)70(82)86-62)63(38-48(26-34-80)35-46-11-4-3-5-12-46)87-71(83)68(75)65(57)60-41-55(81)18-19-56(60)50-15-9-14-49(37-50)44-77-32-24-47-13-8-16-51(36-47)69(79-45-72)61(52)43-73/h3-5,8-9,11-16,18-19,23,36-38,41,48,52-54,57-58,61,64,67,69,76-81,84-85H,6-7,20-22,24-35,39-40,42-45H2,1-2H3/b62-23-,63-38-/t48-,52+,53-,54-,57-,58+,61+,64-,67-,69-,72-,73+,75-/m1/s1. The van der Waals surface area contributed by atoms with E-state index < -0.39 is 28.5 Å². The Balaban J connectivity index is 0.952. The summed E-state index contributed by atoms with van der Waals surface area (Å²) in [5.74, 6) is 7.37. The SMILES string of the molecule is CN[C@H]1C[C@H]([C@@]23C/C=C4\OC(=O)C5=C4CC[C@H]4[C@H]6CC[C@]7(C(=C6c6cc(O)ccc6-c6cccc(c6)CNCCc6cccc(c6)[C@H]6NC[C@](C)(O)CC#C[C@@H](C8(O)CCCC8)C[C@@H](C2)[C@@H]6C3)C(=O)O/C7=C\[C@H](CCO)Cc2ccccc2)[C@@H]54)CCN1. The Kier molecular flexibility index (Phi) is 15.9.